The Morgan fingerprint density at radius 2 is 2.00 bits per heavy atom. The number of hydrogen-bond donors (Lipinski definition) is 1. The van der Waals surface area contributed by atoms with Crippen LogP contribution in [0, 0.1) is 0 Å². The highest BCUT2D eigenvalue weighted by atomic mass is 15.2. The van der Waals surface area contributed by atoms with Gasteiger partial charge in [0.2, 0.25) is 0 Å². The summed E-state index contributed by atoms with van der Waals surface area (Å²) in [5.41, 5.74) is 2.79. The number of para-hydroxylation sites is 1. The predicted octanol–water partition coefficient (Wildman–Crippen LogP) is 2.89. The Balaban J connectivity index is 2.28. The highest BCUT2D eigenvalue weighted by Gasteiger charge is 2.23. The Kier molecular flexibility index (Phi) is 3.27. The van der Waals surface area contributed by atoms with Gasteiger partial charge in [0.15, 0.2) is 0 Å². The van der Waals surface area contributed by atoms with E-state index in [-0.39, 0.29) is 0 Å². The number of nitrogens with zero attached hydrogens (tertiary/aromatic N) is 1. The van der Waals surface area contributed by atoms with E-state index in [1.54, 1.807) is 0 Å². The Morgan fingerprint density at radius 1 is 1.27 bits per heavy atom. The second-order valence-corrected chi connectivity index (χ2v) is 4.04. The predicted molar refractivity (Wildman–Crippen MR) is 65.2 cm³/mol. The number of fused-ring (bicyclic) bond motifs is 1. The van der Waals surface area contributed by atoms with E-state index in [9.17, 15) is 0 Å². The molecule has 1 atom stereocenters. The van der Waals surface area contributed by atoms with Crippen LogP contribution in [-0.4, -0.2) is 24.5 Å². The fourth-order valence-electron chi connectivity index (χ4n) is 2.49. The highest BCUT2D eigenvalue weighted by Crippen LogP contribution is 2.33. The number of anilines is 1. The normalized spacial score (nSPS) is 19.8. The fraction of sp³-hybridized carbons (Fsp3) is 0.538. The van der Waals surface area contributed by atoms with Gasteiger partial charge >= 0.3 is 0 Å². The van der Waals surface area contributed by atoms with E-state index in [4.69, 9.17) is 0 Å². The average molecular weight is 204 g/mol. The third-order valence-electron chi connectivity index (χ3n) is 3.31. The summed E-state index contributed by atoms with van der Waals surface area (Å²) in [7, 11) is 0. The van der Waals surface area contributed by atoms with Crippen LogP contribution >= 0.6 is 0 Å². The SMILES string of the molecule is CCN(CC)C1CCNc2ccccc21. The molecule has 82 valence electrons. The van der Waals surface area contributed by atoms with E-state index in [1.807, 2.05) is 0 Å². The maximum Gasteiger partial charge on any atom is 0.0388 e. The molecule has 0 saturated carbocycles. The molecule has 1 aliphatic rings. The molecule has 0 aromatic heterocycles. The first kappa shape index (κ1) is 10.5. The molecule has 0 amide bonds. The summed E-state index contributed by atoms with van der Waals surface area (Å²) < 4.78 is 0. The van der Waals surface area contributed by atoms with Gasteiger partial charge in [0.1, 0.15) is 0 Å². The van der Waals surface area contributed by atoms with E-state index >= 15 is 0 Å². The first-order chi connectivity index (χ1) is 7.36. The molecule has 1 N–H and O–H groups in total. The van der Waals surface area contributed by atoms with Gasteiger partial charge in [-0.2, -0.15) is 0 Å². The molecule has 1 aromatic carbocycles. The Labute approximate surface area is 92.3 Å². The van der Waals surface area contributed by atoms with Crippen molar-refractivity contribution in [2.75, 3.05) is 25.0 Å². The van der Waals surface area contributed by atoms with Crippen LogP contribution in [-0.2, 0) is 0 Å². The van der Waals surface area contributed by atoms with Gasteiger partial charge in [-0.3, -0.25) is 4.90 Å². The molecule has 0 bridgehead atoms. The fourth-order valence-corrected chi connectivity index (χ4v) is 2.49. The average Bonchev–Trinajstić information content (AvgIpc) is 2.31. The van der Waals surface area contributed by atoms with E-state index in [1.165, 1.54) is 17.7 Å². The number of nitrogens with one attached hydrogen (secondary N) is 1. The zero-order chi connectivity index (χ0) is 10.7. The van der Waals surface area contributed by atoms with Crippen LogP contribution in [0.1, 0.15) is 31.9 Å². The number of rotatable bonds is 3. The Morgan fingerprint density at radius 3 is 2.73 bits per heavy atom. The molecule has 1 aromatic rings. The van der Waals surface area contributed by atoms with Crippen molar-refractivity contribution in [1.29, 1.82) is 0 Å². The van der Waals surface area contributed by atoms with E-state index in [0.717, 1.165) is 19.6 Å². The molecule has 0 fully saturated rings. The second-order valence-electron chi connectivity index (χ2n) is 4.04. The van der Waals surface area contributed by atoms with Crippen LogP contribution in [0.15, 0.2) is 24.3 Å². The van der Waals surface area contributed by atoms with E-state index in [0.29, 0.717) is 6.04 Å². The minimum absolute atomic E-state index is 0.609. The second kappa shape index (κ2) is 4.67. The molecule has 1 aliphatic heterocycles. The first-order valence-corrected chi connectivity index (χ1v) is 5.93. The Bertz CT molecular complexity index is 318. The minimum atomic E-state index is 0.609. The molecule has 0 spiro atoms. The molecule has 0 saturated heterocycles. The lowest BCUT2D eigenvalue weighted by Crippen LogP contribution is -2.32. The van der Waals surface area contributed by atoms with Gasteiger partial charge in [0, 0.05) is 18.3 Å². The molecule has 1 unspecified atom stereocenters. The molecule has 0 radical (unpaired) electrons. The van der Waals surface area contributed by atoms with Crippen molar-refractivity contribution in [3.8, 4) is 0 Å². The third-order valence-corrected chi connectivity index (χ3v) is 3.31. The summed E-state index contributed by atoms with van der Waals surface area (Å²) in [5.74, 6) is 0. The summed E-state index contributed by atoms with van der Waals surface area (Å²) in [6.45, 7) is 7.85. The summed E-state index contributed by atoms with van der Waals surface area (Å²) in [5, 5.41) is 3.47. The lowest BCUT2D eigenvalue weighted by Gasteiger charge is -2.35. The minimum Gasteiger partial charge on any atom is -0.385 e. The van der Waals surface area contributed by atoms with Crippen molar-refractivity contribution >= 4 is 5.69 Å². The van der Waals surface area contributed by atoms with Crippen molar-refractivity contribution in [2.24, 2.45) is 0 Å². The van der Waals surface area contributed by atoms with Crippen molar-refractivity contribution in [2.45, 2.75) is 26.3 Å². The van der Waals surface area contributed by atoms with Crippen LogP contribution in [0.25, 0.3) is 0 Å². The number of hydrogen-bond acceptors (Lipinski definition) is 2. The summed E-state index contributed by atoms with van der Waals surface area (Å²) in [6, 6.07) is 9.30. The molecule has 1 heterocycles. The molecular weight excluding hydrogens is 184 g/mol. The summed E-state index contributed by atoms with van der Waals surface area (Å²) in [6.07, 6.45) is 1.22. The van der Waals surface area contributed by atoms with Crippen molar-refractivity contribution in [3.05, 3.63) is 29.8 Å². The molecule has 2 rings (SSSR count). The zero-order valence-electron chi connectivity index (χ0n) is 9.66. The van der Waals surface area contributed by atoms with E-state index in [2.05, 4.69) is 48.3 Å². The molecule has 0 aliphatic carbocycles. The standard InChI is InChI=1S/C13H20N2/c1-3-15(4-2)13-9-10-14-12-8-6-5-7-11(12)13/h5-8,13-14H,3-4,9-10H2,1-2H3. The van der Waals surface area contributed by atoms with Crippen molar-refractivity contribution in [1.82, 2.24) is 4.90 Å². The quantitative estimate of drug-likeness (QED) is 0.814. The van der Waals surface area contributed by atoms with Gasteiger partial charge in [-0.1, -0.05) is 32.0 Å². The van der Waals surface area contributed by atoms with Gasteiger partial charge in [0.25, 0.3) is 0 Å². The van der Waals surface area contributed by atoms with Crippen LogP contribution in [0.4, 0.5) is 5.69 Å². The largest absolute Gasteiger partial charge is 0.385 e. The Hall–Kier alpha value is -1.02. The molecule has 2 nitrogen and oxygen atoms in total. The van der Waals surface area contributed by atoms with Crippen LogP contribution in [0.2, 0.25) is 0 Å². The highest BCUT2D eigenvalue weighted by molar-refractivity contribution is 5.54. The smallest absolute Gasteiger partial charge is 0.0388 e. The third kappa shape index (κ3) is 2.00. The van der Waals surface area contributed by atoms with Gasteiger partial charge in [-0.25, -0.2) is 0 Å². The van der Waals surface area contributed by atoms with Crippen molar-refractivity contribution < 1.29 is 0 Å². The van der Waals surface area contributed by atoms with Crippen LogP contribution in [0.5, 0.6) is 0 Å². The lowest BCUT2D eigenvalue weighted by atomic mass is 9.96. The molecule has 2 heteroatoms. The van der Waals surface area contributed by atoms with Gasteiger partial charge in [0.05, 0.1) is 0 Å². The molecule has 15 heavy (non-hydrogen) atoms. The van der Waals surface area contributed by atoms with Crippen LogP contribution in [0.3, 0.4) is 0 Å². The monoisotopic (exact) mass is 204 g/mol. The van der Waals surface area contributed by atoms with Gasteiger partial charge in [-0.05, 0) is 31.1 Å². The summed E-state index contributed by atoms with van der Waals surface area (Å²) in [4.78, 5) is 2.54. The zero-order valence-corrected chi connectivity index (χ0v) is 9.66. The topological polar surface area (TPSA) is 15.3 Å². The van der Waals surface area contributed by atoms with Gasteiger partial charge in [-0.15, -0.1) is 0 Å². The summed E-state index contributed by atoms with van der Waals surface area (Å²) >= 11 is 0. The lowest BCUT2D eigenvalue weighted by molar-refractivity contribution is 0.209. The maximum absolute atomic E-state index is 3.47. The maximum atomic E-state index is 3.47. The van der Waals surface area contributed by atoms with Gasteiger partial charge < -0.3 is 5.32 Å². The van der Waals surface area contributed by atoms with Crippen LogP contribution < -0.4 is 5.32 Å². The first-order valence-electron chi connectivity index (χ1n) is 5.93. The molecular formula is C13H20N2. The van der Waals surface area contributed by atoms with E-state index < -0.39 is 0 Å². The number of benzene rings is 1. The van der Waals surface area contributed by atoms with Crippen molar-refractivity contribution in [3.63, 3.8) is 0 Å².